The van der Waals surface area contributed by atoms with Crippen LogP contribution in [0, 0.1) is 11.3 Å². The van der Waals surface area contributed by atoms with Gasteiger partial charge < -0.3 is 10.1 Å². The van der Waals surface area contributed by atoms with E-state index >= 15 is 0 Å². The first-order chi connectivity index (χ1) is 8.63. The van der Waals surface area contributed by atoms with E-state index in [1.54, 1.807) is 12.1 Å². The van der Waals surface area contributed by atoms with Gasteiger partial charge in [0.25, 0.3) is 0 Å². The van der Waals surface area contributed by atoms with E-state index in [2.05, 4.69) is 5.32 Å². The van der Waals surface area contributed by atoms with Crippen molar-refractivity contribution >= 4 is 17.4 Å². The number of ether oxygens (including phenoxy) is 1. The topological polar surface area (TPSA) is 55.4 Å². The first kappa shape index (κ1) is 11.4. The maximum atomic E-state index is 12.6. The van der Waals surface area contributed by atoms with Crippen molar-refractivity contribution in [3.05, 3.63) is 29.8 Å². The fourth-order valence-electron chi connectivity index (χ4n) is 2.75. The van der Waals surface area contributed by atoms with E-state index in [0.717, 1.165) is 6.42 Å². The molecule has 2 unspecified atom stereocenters. The Morgan fingerprint density at radius 1 is 1.39 bits per heavy atom. The average Bonchev–Trinajstić information content (AvgIpc) is 2.91. The highest BCUT2D eigenvalue weighted by molar-refractivity contribution is 6.09. The molecule has 1 N–H and O–H groups in total. The van der Waals surface area contributed by atoms with Gasteiger partial charge in [0.05, 0.1) is 24.3 Å². The molecule has 0 radical (unpaired) electrons. The molecule has 4 nitrogen and oxygen atoms in total. The Morgan fingerprint density at radius 3 is 2.78 bits per heavy atom. The highest BCUT2D eigenvalue weighted by atomic mass is 16.5. The number of fused-ring (bicyclic) bond motifs is 1. The zero-order valence-electron chi connectivity index (χ0n) is 10.2. The van der Waals surface area contributed by atoms with Crippen LogP contribution in [0.25, 0.3) is 0 Å². The van der Waals surface area contributed by atoms with Gasteiger partial charge in [-0.05, 0) is 24.5 Å². The number of nitrogens with one attached hydrogen (secondary N) is 1. The van der Waals surface area contributed by atoms with Gasteiger partial charge in [0.2, 0.25) is 5.91 Å². The maximum Gasteiger partial charge on any atom is 0.221 e. The smallest absolute Gasteiger partial charge is 0.221 e. The van der Waals surface area contributed by atoms with Gasteiger partial charge in [0.1, 0.15) is 0 Å². The van der Waals surface area contributed by atoms with Gasteiger partial charge >= 0.3 is 0 Å². The third-order valence-electron chi connectivity index (χ3n) is 3.85. The number of hydrogen-bond donors (Lipinski definition) is 1. The summed E-state index contributed by atoms with van der Waals surface area (Å²) >= 11 is 0. The summed E-state index contributed by atoms with van der Waals surface area (Å²) in [5.41, 5.74) is 0.886. The predicted octanol–water partition coefficient (Wildman–Crippen LogP) is 1.86. The number of hydrogen-bond acceptors (Lipinski definition) is 3. The van der Waals surface area contributed by atoms with Crippen LogP contribution in [0.2, 0.25) is 0 Å². The molecule has 2 atom stereocenters. The number of para-hydroxylation sites is 1. The molecule has 18 heavy (non-hydrogen) atoms. The van der Waals surface area contributed by atoms with E-state index in [-0.39, 0.29) is 17.1 Å². The summed E-state index contributed by atoms with van der Waals surface area (Å²) in [6.07, 6.45) is 0.917. The minimum absolute atomic E-state index is 0.106. The minimum atomic E-state index is -0.311. The molecule has 4 heteroatoms. The normalized spacial score (nSPS) is 28.6. The minimum Gasteiger partial charge on any atom is -0.380 e. The Hall–Kier alpha value is -1.68. The Morgan fingerprint density at radius 2 is 2.17 bits per heavy atom. The standard InChI is InChI=1S/C14H15NO3/c1-9(16)15-12-5-3-2-4-11(12)13(17)14-6-10(14)7-18-8-14/h2-5,10H,6-8H2,1H3,(H,15,16). The lowest BCUT2D eigenvalue weighted by Crippen LogP contribution is -2.21. The Kier molecular flexibility index (Phi) is 2.48. The van der Waals surface area contributed by atoms with Crippen LogP contribution in [0.15, 0.2) is 24.3 Å². The largest absolute Gasteiger partial charge is 0.380 e. The van der Waals surface area contributed by atoms with Crippen molar-refractivity contribution in [1.29, 1.82) is 0 Å². The average molecular weight is 245 g/mol. The Balaban J connectivity index is 1.92. The number of benzene rings is 1. The van der Waals surface area contributed by atoms with Gasteiger partial charge in [0, 0.05) is 12.5 Å². The highest BCUT2D eigenvalue weighted by Crippen LogP contribution is 2.58. The molecule has 3 rings (SSSR count). The predicted molar refractivity (Wildman–Crippen MR) is 66.4 cm³/mol. The third-order valence-corrected chi connectivity index (χ3v) is 3.85. The fraction of sp³-hybridized carbons (Fsp3) is 0.429. The molecule has 1 aliphatic heterocycles. The fourth-order valence-corrected chi connectivity index (χ4v) is 2.75. The number of anilines is 1. The van der Waals surface area contributed by atoms with Gasteiger partial charge in [-0.3, -0.25) is 9.59 Å². The molecule has 2 fully saturated rings. The SMILES string of the molecule is CC(=O)Nc1ccccc1C(=O)C12COCC1C2. The molecule has 1 heterocycles. The van der Waals surface area contributed by atoms with Crippen LogP contribution < -0.4 is 5.32 Å². The summed E-state index contributed by atoms with van der Waals surface area (Å²) in [4.78, 5) is 23.7. The van der Waals surface area contributed by atoms with E-state index in [9.17, 15) is 9.59 Å². The van der Waals surface area contributed by atoms with Crippen LogP contribution >= 0.6 is 0 Å². The second-order valence-electron chi connectivity index (χ2n) is 5.13. The molecule has 1 saturated heterocycles. The van der Waals surface area contributed by atoms with Gasteiger partial charge in [-0.2, -0.15) is 0 Å². The zero-order chi connectivity index (χ0) is 12.8. The molecule has 1 saturated carbocycles. The third kappa shape index (κ3) is 1.64. The molecule has 1 aliphatic carbocycles. The molecule has 0 bridgehead atoms. The van der Waals surface area contributed by atoms with E-state index < -0.39 is 0 Å². The van der Waals surface area contributed by atoms with Gasteiger partial charge in [-0.25, -0.2) is 0 Å². The number of ketones is 1. The first-order valence-corrected chi connectivity index (χ1v) is 6.13. The van der Waals surface area contributed by atoms with Crippen LogP contribution in [0.4, 0.5) is 5.69 Å². The molecule has 2 aliphatic rings. The molecular formula is C14H15NO3. The molecule has 94 valence electrons. The van der Waals surface area contributed by atoms with Gasteiger partial charge in [-0.15, -0.1) is 0 Å². The van der Waals surface area contributed by atoms with Crippen molar-refractivity contribution in [2.45, 2.75) is 13.3 Å². The molecule has 0 aromatic heterocycles. The molecular weight excluding hydrogens is 230 g/mol. The van der Waals surface area contributed by atoms with Crippen molar-refractivity contribution in [2.24, 2.45) is 11.3 Å². The van der Waals surface area contributed by atoms with Crippen LogP contribution in [0.5, 0.6) is 0 Å². The van der Waals surface area contributed by atoms with Gasteiger partial charge in [-0.1, -0.05) is 12.1 Å². The second-order valence-corrected chi connectivity index (χ2v) is 5.13. The van der Waals surface area contributed by atoms with Crippen molar-refractivity contribution in [2.75, 3.05) is 18.5 Å². The number of Topliss-reactive ketones (excluding diaryl/α,β-unsaturated/α-hetero) is 1. The quantitative estimate of drug-likeness (QED) is 0.827. The number of carbonyl (C=O) groups is 2. The second kappa shape index (κ2) is 3.92. The number of amides is 1. The van der Waals surface area contributed by atoms with E-state index in [0.29, 0.717) is 30.4 Å². The first-order valence-electron chi connectivity index (χ1n) is 6.13. The van der Waals surface area contributed by atoms with Crippen molar-refractivity contribution in [3.8, 4) is 0 Å². The summed E-state index contributed by atoms with van der Waals surface area (Å²) < 4.78 is 5.37. The van der Waals surface area contributed by atoms with Crippen LogP contribution in [-0.2, 0) is 9.53 Å². The molecule has 0 spiro atoms. The maximum absolute atomic E-state index is 12.6. The Labute approximate surface area is 105 Å². The number of carbonyl (C=O) groups excluding carboxylic acids is 2. The van der Waals surface area contributed by atoms with E-state index in [4.69, 9.17) is 4.74 Å². The monoisotopic (exact) mass is 245 g/mol. The molecule has 1 amide bonds. The lowest BCUT2D eigenvalue weighted by Gasteiger charge is -2.13. The molecule has 1 aromatic carbocycles. The molecule has 1 aromatic rings. The van der Waals surface area contributed by atoms with E-state index in [1.807, 2.05) is 12.1 Å². The van der Waals surface area contributed by atoms with Crippen molar-refractivity contribution in [1.82, 2.24) is 0 Å². The lowest BCUT2D eigenvalue weighted by molar-refractivity contribution is -0.114. The summed E-state index contributed by atoms with van der Waals surface area (Å²) in [5, 5.41) is 2.71. The summed E-state index contributed by atoms with van der Waals surface area (Å²) in [6.45, 7) is 2.65. The van der Waals surface area contributed by atoms with Crippen LogP contribution in [0.1, 0.15) is 23.7 Å². The Bertz CT molecular complexity index is 526. The summed E-state index contributed by atoms with van der Waals surface area (Å²) in [5.74, 6) is 0.313. The number of rotatable bonds is 3. The lowest BCUT2D eigenvalue weighted by atomic mass is 9.93. The van der Waals surface area contributed by atoms with Gasteiger partial charge in [0.15, 0.2) is 5.78 Å². The van der Waals surface area contributed by atoms with Crippen molar-refractivity contribution in [3.63, 3.8) is 0 Å². The summed E-state index contributed by atoms with van der Waals surface area (Å²) in [7, 11) is 0. The highest BCUT2D eigenvalue weighted by Gasteiger charge is 2.63. The summed E-state index contributed by atoms with van der Waals surface area (Å²) in [6, 6.07) is 7.17. The zero-order valence-corrected chi connectivity index (χ0v) is 10.2. The van der Waals surface area contributed by atoms with Crippen LogP contribution in [-0.4, -0.2) is 24.9 Å². The van der Waals surface area contributed by atoms with Crippen LogP contribution in [0.3, 0.4) is 0 Å². The van der Waals surface area contributed by atoms with Crippen molar-refractivity contribution < 1.29 is 14.3 Å². The van der Waals surface area contributed by atoms with E-state index in [1.165, 1.54) is 6.92 Å².